The van der Waals surface area contributed by atoms with E-state index in [1.165, 1.54) is 0 Å². The smallest absolute Gasteiger partial charge is 0.251 e. The van der Waals surface area contributed by atoms with Crippen molar-refractivity contribution in [3.8, 4) is 0 Å². The average molecular weight is 302 g/mol. The van der Waals surface area contributed by atoms with E-state index in [4.69, 9.17) is 4.74 Å². The summed E-state index contributed by atoms with van der Waals surface area (Å²) in [6.45, 7) is 6.78. The maximum atomic E-state index is 12.3. The third kappa shape index (κ3) is 2.84. The van der Waals surface area contributed by atoms with Crippen LogP contribution in [0.3, 0.4) is 0 Å². The van der Waals surface area contributed by atoms with Gasteiger partial charge in [0.25, 0.3) is 5.91 Å². The molecule has 0 spiro atoms. The van der Waals surface area contributed by atoms with Crippen LogP contribution < -0.4 is 10.6 Å². The second-order valence-electron chi connectivity index (χ2n) is 5.50. The van der Waals surface area contributed by atoms with Crippen LogP contribution in [0.4, 0.5) is 0 Å². The van der Waals surface area contributed by atoms with E-state index in [1.807, 2.05) is 25.1 Å². The molecule has 1 fully saturated rings. The normalized spacial score (nSPS) is 20.0. The van der Waals surface area contributed by atoms with E-state index in [0.29, 0.717) is 13.2 Å². The van der Waals surface area contributed by atoms with Crippen LogP contribution in [0.25, 0.3) is 11.0 Å². The van der Waals surface area contributed by atoms with Gasteiger partial charge in [0.2, 0.25) is 0 Å². The van der Waals surface area contributed by atoms with Gasteiger partial charge in [-0.3, -0.25) is 4.79 Å². The summed E-state index contributed by atoms with van der Waals surface area (Å²) < 4.78 is 7.63. The highest BCUT2D eigenvalue weighted by Crippen LogP contribution is 2.20. The minimum atomic E-state index is -0.421. The van der Waals surface area contributed by atoms with Gasteiger partial charge < -0.3 is 19.9 Å². The number of carbonyl (C=O) groups is 1. The molecule has 2 N–H and O–H groups in total. The fourth-order valence-electron chi connectivity index (χ4n) is 2.86. The Labute approximate surface area is 129 Å². The zero-order valence-corrected chi connectivity index (χ0v) is 13.0. The molecule has 2 atom stereocenters. The molecular formula is C16H22N4O2. The molecule has 1 amide bonds. The Morgan fingerprint density at radius 1 is 1.55 bits per heavy atom. The second kappa shape index (κ2) is 6.46. The number of hydrogen-bond acceptors (Lipinski definition) is 4. The number of aryl methyl sites for hydroxylation is 1. The van der Waals surface area contributed by atoms with Crippen LogP contribution in [0.1, 0.15) is 25.7 Å². The molecule has 2 aromatic rings. The highest BCUT2D eigenvalue weighted by Gasteiger charge is 2.25. The number of imidazole rings is 1. The highest BCUT2D eigenvalue weighted by atomic mass is 16.5. The van der Waals surface area contributed by atoms with Crippen molar-refractivity contribution in [1.29, 1.82) is 0 Å². The van der Waals surface area contributed by atoms with Gasteiger partial charge in [0, 0.05) is 19.6 Å². The topological polar surface area (TPSA) is 68.2 Å². The molecule has 2 heterocycles. The van der Waals surface area contributed by atoms with Crippen molar-refractivity contribution in [2.75, 3.05) is 19.7 Å². The molecule has 6 nitrogen and oxygen atoms in total. The quantitative estimate of drug-likeness (QED) is 0.891. The minimum absolute atomic E-state index is 0.0885. The van der Waals surface area contributed by atoms with Gasteiger partial charge in [0.15, 0.2) is 0 Å². The molecule has 0 saturated carbocycles. The fourth-order valence-corrected chi connectivity index (χ4v) is 2.86. The Bertz CT molecular complexity index is 661. The van der Waals surface area contributed by atoms with Crippen molar-refractivity contribution in [2.45, 2.75) is 32.5 Å². The Kier molecular flexibility index (Phi) is 4.40. The van der Waals surface area contributed by atoms with Crippen LogP contribution in [0.15, 0.2) is 24.3 Å². The van der Waals surface area contributed by atoms with E-state index in [0.717, 1.165) is 29.9 Å². The summed E-state index contributed by atoms with van der Waals surface area (Å²) in [7, 11) is 0. The van der Waals surface area contributed by atoms with Gasteiger partial charge >= 0.3 is 0 Å². The number of amides is 1. The number of morpholine rings is 1. The molecule has 1 aliphatic heterocycles. The summed E-state index contributed by atoms with van der Waals surface area (Å²) in [4.78, 5) is 17.0. The molecule has 22 heavy (non-hydrogen) atoms. The standard InChI is InChI=1S/C16H22N4O2/c1-3-20-13-7-5-4-6-12(13)19-15(20)11(2)18-16(21)14-10-17-8-9-22-14/h4-7,11,14,17H,3,8-10H2,1-2H3,(H,18,21)/t11-,14-/m1/s1. The lowest BCUT2D eigenvalue weighted by atomic mass is 10.2. The maximum Gasteiger partial charge on any atom is 0.251 e. The van der Waals surface area contributed by atoms with Crippen LogP contribution in [0.5, 0.6) is 0 Å². The van der Waals surface area contributed by atoms with E-state index in [9.17, 15) is 4.79 Å². The Morgan fingerprint density at radius 2 is 2.36 bits per heavy atom. The third-order valence-electron chi connectivity index (χ3n) is 3.97. The molecule has 0 aliphatic carbocycles. The van der Waals surface area contributed by atoms with E-state index in [-0.39, 0.29) is 11.9 Å². The summed E-state index contributed by atoms with van der Waals surface area (Å²) in [5, 5.41) is 6.18. The lowest BCUT2D eigenvalue weighted by molar-refractivity contribution is -0.134. The van der Waals surface area contributed by atoms with Gasteiger partial charge in [0.1, 0.15) is 11.9 Å². The molecule has 1 aromatic carbocycles. The van der Waals surface area contributed by atoms with Crippen molar-refractivity contribution in [2.24, 2.45) is 0 Å². The first-order valence-electron chi connectivity index (χ1n) is 7.78. The molecule has 1 aromatic heterocycles. The van der Waals surface area contributed by atoms with E-state index in [1.54, 1.807) is 0 Å². The predicted molar refractivity (Wildman–Crippen MR) is 84.6 cm³/mol. The first-order valence-corrected chi connectivity index (χ1v) is 7.78. The number of nitrogens with one attached hydrogen (secondary N) is 2. The first kappa shape index (κ1) is 15.0. The monoisotopic (exact) mass is 302 g/mol. The molecule has 6 heteroatoms. The number of carbonyl (C=O) groups excluding carboxylic acids is 1. The summed E-state index contributed by atoms with van der Waals surface area (Å²) >= 11 is 0. The number of nitrogens with zero attached hydrogens (tertiary/aromatic N) is 2. The number of rotatable bonds is 4. The van der Waals surface area contributed by atoms with Gasteiger partial charge in [-0.1, -0.05) is 12.1 Å². The van der Waals surface area contributed by atoms with Gasteiger partial charge in [-0.05, 0) is 26.0 Å². The molecule has 118 valence electrons. The SMILES string of the molecule is CCn1c([C@@H](C)NC(=O)[C@H]2CNCCO2)nc2ccccc21. The molecule has 3 rings (SSSR count). The van der Waals surface area contributed by atoms with E-state index < -0.39 is 6.10 Å². The van der Waals surface area contributed by atoms with Crippen molar-refractivity contribution >= 4 is 16.9 Å². The number of ether oxygens (including phenoxy) is 1. The molecular weight excluding hydrogens is 280 g/mol. The molecule has 0 radical (unpaired) electrons. The molecule has 1 aliphatic rings. The van der Waals surface area contributed by atoms with Crippen LogP contribution in [0, 0.1) is 0 Å². The highest BCUT2D eigenvalue weighted by molar-refractivity contribution is 5.82. The summed E-state index contributed by atoms with van der Waals surface area (Å²) in [5.41, 5.74) is 2.05. The largest absolute Gasteiger partial charge is 0.366 e. The first-order chi connectivity index (χ1) is 10.7. The summed E-state index contributed by atoms with van der Waals surface area (Å²) in [5.74, 6) is 0.787. The Morgan fingerprint density at radius 3 is 3.09 bits per heavy atom. The third-order valence-corrected chi connectivity index (χ3v) is 3.97. The lowest BCUT2D eigenvalue weighted by Crippen LogP contribution is -2.48. The summed E-state index contributed by atoms with van der Waals surface area (Å²) in [6.07, 6.45) is -0.421. The van der Waals surface area contributed by atoms with Crippen molar-refractivity contribution in [3.63, 3.8) is 0 Å². The van der Waals surface area contributed by atoms with Gasteiger partial charge in [0.05, 0.1) is 23.7 Å². The Hall–Kier alpha value is -1.92. The molecule has 0 bridgehead atoms. The number of para-hydroxylation sites is 2. The van der Waals surface area contributed by atoms with Crippen LogP contribution >= 0.6 is 0 Å². The molecule has 1 saturated heterocycles. The van der Waals surface area contributed by atoms with Crippen molar-refractivity contribution in [3.05, 3.63) is 30.1 Å². The van der Waals surface area contributed by atoms with Gasteiger partial charge in [-0.25, -0.2) is 4.98 Å². The Balaban J connectivity index is 1.79. The van der Waals surface area contributed by atoms with E-state index >= 15 is 0 Å². The van der Waals surface area contributed by atoms with Crippen LogP contribution in [0.2, 0.25) is 0 Å². The number of hydrogen-bond donors (Lipinski definition) is 2. The predicted octanol–water partition coefficient (Wildman–Crippen LogP) is 1.22. The van der Waals surface area contributed by atoms with Crippen LogP contribution in [-0.4, -0.2) is 41.3 Å². The van der Waals surface area contributed by atoms with Gasteiger partial charge in [-0.15, -0.1) is 0 Å². The van der Waals surface area contributed by atoms with Gasteiger partial charge in [-0.2, -0.15) is 0 Å². The fraction of sp³-hybridized carbons (Fsp3) is 0.500. The van der Waals surface area contributed by atoms with Crippen molar-refractivity contribution in [1.82, 2.24) is 20.2 Å². The van der Waals surface area contributed by atoms with Crippen LogP contribution in [-0.2, 0) is 16.1 Å². The number of benzene rings is 1. The number of fused-ring (bicyclic) bond motifs is 1. The zero-order chi connectivity index (χ0) is 15.5. The average Bonchev–Trinajstić information content (AvgIpc) is 2.94. The lowest BCUT2D eigenvalue weighted by Gasteiger charge is -2.24. The minimum Gasteiger partial charge on any atom is -0.366 e. The maximum absolute atomic E-state index is 12.3. The zero-order valence-electron chi connectivity index (χ0n) is 13.0. The van der Waals surface area contributed by atoms with Crippen molar-refractivity contribution < 1.29 is 9.53 Å². The molecule has 0 unspecified atom stereocenters. The second-order valence-corrected chi connectivity index (χ2v) is 5.50. The van der Waals surface area contributed by atoms with E-state index in [2.05, 4.69) is 33.2 Å². The summed E-state index contributed by atoms with van der Waals surface area (Å²) in [6, 6.07) is 7.87. The number of aromatic nitrogens is 2.